The van der Waals surface area contributed by atoms with Crippen molar-refractivity contribution in [1.82, 2.24) is 10.6 Å². The van der Waals surface area contributed by atoms with Gasteiger partial charge < -0.3 is 20.1 Å². The maximum absolute atomic E-state index is 12.8. The predicted molar refractivity (Wildman–Crippen MR) is 200 cm³/mol. The second-order valence-electron chi connectivity index (χ2n) is 13.0. The summed E-state index contributed by atoms with van der Waals surface area (Å²) in [6, 6.07) is 9.23. The number of esters is 2. The fourth-order valence-electron chi connectivity index (χ4n) is 4.25. The Kier molecular flexibility index (Phi) is 15.7. The number of nitrogens with zero attached hydrogens (tertiary/aromatic N) is 2. The van der Waals surface area contributed by atoms with Gasteiger partial charge in [-0.25, -0.2) is 9.59 Å². The number of alkyl halides is 6. The van der Waals surface area contributed by atoms with E-state index in [2.05, 4.69) is 34.7 Å². The van der Waals surface area contributed by atoms with Crippen molar-refractivity contribution in [2.75, 3.05) is 24.6 Å². The van der Waals surface area contributed by atoms with Gasteiger partial charge in [-0.05, 0) is 80.7 Å². The maximum Gasteiger partial charge on any atom is 0.416 e. The first kappa shape index (κ1) is 43.2. The van der Waals surface area contributed by atoms with E-state index in [9.17, 15) is 35.9 Å². The summed E-state index contributed by atoms with van der Waals surface area (Å²) in [4.78, 5) is 23.9. The molecule has 288 valence electrons. The monoisotopic (exact) mass is 784 g/mol. The molecule has 2 aliphatic heterocycles. The minimum atomic E-state index is -4.43. The van der Waals surface area contributed by atoms with Crippen molar-refractivity contribution in [3.05, 3.63) is 92.7 Å². The van der Waals surface area contributed by atoms with Crippen LogP contribution >= 0.6 is 23.5 Å². The summed E-state index contributed by atoms with van der Waals surface area (Å²) in [5, 5.41) is 14.6. The van der Waals surface area contributed by atoms with Crippen molar-refractivity contribution in [1.29, 1.82) is 0 Å². The number of hydrogen-bond donors (Lipinski definition) is 2. The first-order valence-corrected chi connectivity index (χ1v) is 18.5. The fraction of sp³-hybridized carbons (Fsp3) is 0.405. The molecule has 16 heteroatoms. The Bertz CT molecular complexity index is 1600. The van der Waals surface area contributed by atoms with Crippen LogP contribution in [0.4, 0.5) is 26.3 Å². The number of carbonyl (C=O) groups excluding carboxylic acids is 2. The van der Waals surface area contributed by atoms with Gasteiger partial charge in [-0.2, -0.15) is 26.3 Å². The molecule has 0 spiro atoms. The molecule has 0 atom stereocenters. The quantitative estimate of drug-likeness (QED) is 0.0495. The Morgan fingerprint density at radius 2 is 1.13 bits per heavy atom. The van der Waals surface area contributed by atoms with Gasteiger partial charge in [-0.1, -0.05) is 50.3 Å². The van der Waals surface area contributed by atoms with Gasteiger partial charge in [0.25, 0.3) is 0 Å². The smallest absolute Gasteiger partial charge is 0.416 e. The second kappa shape index (κ2) is 19.2. The topological polar surface area (TPSA) is 101 Å². The number of halogens is 6. The molecule has 53 heavy (non-hydrogen) atoms. The Labute approximate surface area is 313 Å². The lowest BCUT2D eigenvalue weighted by Crippen LogP contribution is -2.53. The molecule has 0 bridgehead atoms. The van der Waals surface area contributed by atoms with Crippen LogP contribution in [0.25, 0.3) is 12.2 Å². The molecule has 0 amide bonds. The number of hydrogen-bond acceptors (Lipinski definition) is 8. The molecule has 0 saturated carbocycles. The van der Waals surface area contributed by atoms with E-state index in [1.807, 2.05) is 0 Å². The molecule has 2 N–H and O–H groups in total. The minimum Gasteiger partial charge on any atom is -0.459 e. The molecular weight excluding hydrogens is 743 g/mol. The van der Waals surface area contributed by atoms with Crippen LogP contribution < -0.4 is 10.6 Å². The van der Waals surface area contributed by atoms with Crippen LogP contribution in [0.3, 0.4) is 0 Å². The molecular formula is C37H42F6N4O4S2. The van der Waals surface area contributed by atoms with Gasteiger partial charge in [-0.3, -0.25) is 0 Å². The first-order chi connectivity index (χ1) is 24.7. The number of benzene rings is 2. The summed E-state index contributed by atoms with van der Waals surface area (Å²) in [6.07, 6.45) is -3.11. The number of rotatable bonds is 9. The third kappa shape index (κ3) is 15.0. The highest BCUT2D eigenvalue weighted by atomic mass is 32.2. The molecule has 0 aromatic heterocycles. The summed E-state index contributed by atoms with van der Waals surface area (Å²) in [6.45, 7) is 12.5. The lowest BCUT2D eigenvalue weighted by molar-refractivity contribution is -0.151. The standard InChI is InChI=1S/C25H24F6N4.C12H18O4S2/c1-23(2)15-32-22(33-16-23)35-34-21(13-7-17-3-9-19(10-4-17)24(26,27)28)14-8-18-5-11-20(12-6-18)25(29,30)31;1-7(2)15-10(13)9(11(14)16-8(3)4)12-17-5-6-18-12/h3-14H,15-16H2,1-2H3,(H2,32,33,35);7-8H,5-6H2,1-4H3/b13-7+,14-8+;. The Hall–Kier alpha value is -4.18. The summed E-state index contributed by atoms with van der Waals surface area (Å²) in [5.74, 6) is 1.08. The van der Waals surface area contributed by atoms with Crippen LogP contribution in [0.2, 0.25) is 0 Å². The van der Waals surface area contributed by atoms with Gasteiger partial charge in [0.1, 0.15) is 0 Å². The van der Waals surface area contributed by atoms with Gasteiger partial charge in [0, 0.05) is 24.6 Å². The van der Waals surface area contributed by atoms with E-state index in [-0.39, 0.29) is 23.2 Å². The summed E-state index contributed by atoms with van der Waals surface area (Å²) in [5.41, 5.74) is -0.0650. The van der Waals surface area contributed by atoms with Crippen LogP contribution in [0, 0.1) is 5.41 Å². The molecule has 2 aromatic rings. The highest BCUT2D eigenvalue weighted by Crippen LogP contribution is 2.39. The van der Waals surface area contributed by atoms with Crippen molar-refractivity contribution in [3.63, 3.8) is 0 Å². The molecule has 2 fully saturated rings. The SMILES string of the molecule is CC(C)OC(=O)C(C(=O)OC(C)C)=C1SCCS1.CC1(C)CNC(=NN=C(/C=C/c2ccc(C(F)(F)F)cc2)/C=C/c2ccc(C(F)(F)F)cc2)NC1. The number of carbonyl (C=O) groups is 2. The third-order valence-corrected chi connectivity index (χ3v) is 9.67. The summed E-state index contributed by atoms with van der Waals surface area (Å²) >= 11 is 3.00. The first-order valence-electron chi connectivity index (χ1n) is 16.5. The Morgan fingerprint density at radius 3 is 1.49 bits per heavy atom. The van der Waals surface area contributed by atoms with Crippen molar-refractivity contribution < 1.29 is 45.4 Å². The average molecular weight is 785 g/mol. The third-order valence-electron chi connectivity index (χ3n) is 6.95. The van der Waals surface area contributed by atoms with Gasteiger partial charge >= 0.3 is 24.3 Å². The molecule has 0 radical (unpaired) electrons. The van der Waals surface area contributed by atoms with E-state index < -0.39 is 35.4 Å². The van der Waals surface area contributed by atoms with Crippen LogP contribution in [-0.4, -0.2) is 60.4 Å². The number of allylic oxidation sites excluding steroid dienone is 2. The largest absolute Gasteiger partial charge is 0.459 e. The van der Waals surface area contributed by atoms with Gasteiger partial charge in [0.15, 0.2) is 5.57 Å². The second-order valence-corrected chi connectivity index (χ2v) is 15.5. The van der Waals surface area contributed by atoms with E-state index in [0.717, 1.165) is 35.8 Å². The van der Waals surface area contributed by atoms with E-state index in [1.165, 1.54) is 47.8 Å². The van der Waals surface area contributed by atoms with E-state index in [1.54, 1.807) is 52.0 Å². The molecule has 0 unspecified atom stereocenters. The van der Waals surface area contributed by atoms with Crippen molar-refractivity contribution in [2.24, 2.45) is 15.6 Å². The predicted octanol–water partition coefficient (Wildman–Crippen LogP) is 8.96. The molecule has 0 aliphatic carbocycles. The number of guanidine groups is 1. The summed E-state index contributed by atoms with van der Waals surface area (Å²) in [7, 11) is 0. The van der Waals surface area contributed by atoms with Crippen molar-refractivity contribution >= 4 is 59.3 Å². The van der Waals surface area contributed by atoms with Crippen LogP contribution in [0.1, 0.15) is 63.8 Å². The van der Waals surface area contributed by atoms with Gasteiger partial charge in [-0.15, -0.1) is 33.7 Å². The minimum absolute atomic E-state index is 0.0382. The highest BCUT2D eigenvalue weighted by Gasteiger charge is 2.32. The lowest BCUT2D eigenvalue weighted by atomic mass is 9.92. The van der Waals surface area contributed by atoms with Crippen LogP contribution in [0.15, 0.2) is 80.7 Å². The van der Waals surface area contributed by atoms with Crippen molar-refractivity contribution in [2.45, 2.75) is 66.1 Å². The van der Waals surface area contributed by atoms with Gasteiger partial charge in [0.2, 0.25) is 5.96 Å². The zero-order valence-corrected chi connectivity index (χ0v) is 31.7. The van der Waals surface area contributed by atoms with Crippen LogP contribution in [-0.2, 0) is 31.4 Å². The van der Waals surface area contributed by atoms with Gasteiger partial charge in [0.05, 0.1) is 33.3 Å². The number of nitrogens with one attached hydrogen (secondary N) is 2. The van der Waals surface area contributed by atoms with E-state index in [4.69, 9.17) is 9.47 Å². The number of thioether (sulfide) groups is 2. The van der Waals surface area contributed by atoms with E-state index in [0.29, 0.717) is 40.1 Å². The van der Waals surface area contributed by atoms with Crippen molar-refractivity contribution in [3.8, 4) is 0 Å². The van der Waals surface area contributed by atoms with Crippen LogP contribution in [0.5, 0.6) is 0 Å². The Balaban J connectivity index is 0.000000353. The molecule has 4 rings (SSSR count). The number of ether oxygens (including phenoxy) is 2. The molecule has 2 saturated heterocycles. The molecule has 2 aliphatic rings. The lowest BCUT2D eigenvalue weighted by Gasteiger charge is -2.31. The fourth-order valence-corrected chi connectivity index (χ4v) is 6.74. The molecule has 2 heterocycles. The average Bonchev–Trinajstić information content (AvgIpc) is 3.58. The Morgan fingerprint density at radius 1 is 0.736 bits per heavy atom. The maximum atomic E-state index is 12.8. The highest BCUT2D eigenvalue weighted by molar-refractivity contribution is 8.25. The normalized spacial score (nSPS) is 15.8. The zero-order valence-electron chi connectivity index (χ0n) is 30.0. The molecule has 2 aromatic carbocycles. The van der Waals surface area contributed by atoms with E-state index >= 15 is 0 Å². The zero-order chi connectivity index (χ0) is 39.4. The summed E-state index contributed by atoms with van der Waals surface area (Å²) < 4.78 is 87.6. The molecule has 8 nitrogen and oxygen atoms in total.